The molecule has 1 aromatic rings. The van der Waals surface area contributed by atoms with Gasteiger partial charge in [0.1, 0.15) is 5.82 Å². The summed E-state index contributed by atoms with van der Waals surface area (Å²) in [6.07, 6.45) is 2.62. The average molecular weight is 292 g/mol. The van der Waals surface area contributed by atoms with E-state index in [9.17, 15) is 4.79 Å². The molecule has 0 saturated heterocycles. The molecular formula is C12H19Cl2N3O. The van der Waals surface area contributed by atoms with Crippen LogP contribution in [0.4, 0.5) is 5.82 Å². The van der Waals surface area contributed by atoms with Crippen molar-refractivity contribution in [3.8, 4) is 0 Å². The van der Waals surface area contributed by atoms with E-state index in [0.717, 1.165) is 25.0 Å². The third-order valence-electron chi connectivity index (χ3n) is 2.98. The number of nitrogens with two attached hydrogens (primary N) is 1. The number of nitrogens with one attached hydrogen (secondary N) is 1. The van der Waals surface area contributed by atoms with Gasteiger partial charge in [0.2, 0.25) is 5.91 Å². The summed E-state index contributed by atoms with van der Waals surface area (Å²) in [5, 5.41) is 2.84. The number of rotatable bonds is 2. The van der Waals surface area contributed by atoms with E-state index in [2.05, 4.69) is 10.3 Å². The first-order chi connectivity index (χ1) is 7.65. The van der Waals surface area contributed by atoms with Gasteiger partial charge in [-0.1, -0.05) is 6.07 Å². The van der Waals surface area contributed by atoms with Gasteiger partial charge in [-0.15, -0.1) is 24.8 Å². The number of carbonyl (C=O) groups is 1. The van der Waals surface area contributed by atoms with Crippen molar-refractivity contribution in [1.29, 1.82) is 0 Å². The summed E-state index contributed by atoms with van der Waals surface area (Å²) in [5.41, 5.74) is 6.69. The lowest BCUT2D eigenvalue weighted by Crippen LogP contribution is -2.23. The van der Waals surface area contributed by atoms with Crippen LogP contribution >= 0.6 is 24.8 Å². The van der Waals surface area contributed by atoms with Gasteiger partial charge in [-0.25, -0.2) is 4.98 Å². The summed E-state index contributed by atoms with van der Waals surface area (Å²) in [6, 6.07) is 5.78. The Balaban J connectivity index is 0.00000144. The van der Waals surface area contributed by atoms with Crippen LogP contribution in [-0.4, -0.2) is 16.9 Å². The maximum absolute atomic E-state index is 11.9. The molecule has 0 aliphatic heterocycles. The minimum atomic E-state index is 0. The standard InChI is InChI=1S/C12H17N3O.2ClH/c1-8-3-2-4-11(14-8)15-12(16)9-5-6-10(13)7-9;;/h2-4,9-10H,5-7,13H2,1H3,(H,14,15,16);2*1H. The summed E-state index contributed by atoms with van der Waals surface area (Å²) < 4.78 is 0. The summed E-state index contributed by atoms with van der Waals surface area (Å²) in [6.45, 7) is 1.90. The van der Waals surface area contributed by atoms with E-state index in [4.69, 9.17) is 5.73 Å². The van der Waals surface area contributed by atoms with Crippen molar-refractivity contribution in [1.82, 2.24) is 4.98 Å². The van der Waals surface area contributed by atoms with Crippen LogP contribution < -0.4 is 11.1 Å². The summed E-state index contributed by atoms with van der Waals surface area (Å²) in [4.78, 5) is 16.1. The Hall–Kier alpha value is -0.840. The molecule has 0 radical (unpaired) electrons. The normalized spacial score (nSPS) is 21.7. The number of anilines is 1. The quantitative estimate of drug-likeness (QED) is 0.879. The molecule has 2 atom stereocenters. The highest BCUT2D eigenvalue weighted by Crippen LogP contribution is 2.25. The molecule has 1 amide bonds. The zero-order valence-electron chi connectivity index (χ0n) is 10.3. The maximum Gasteiger partial charge on any atom is 0.228 e. The second kappa shape index (κ2) is 7.56. The highest BCUT2D eigenvalue weighted by molar-refractivity contribution is 5.91. The lowest BCUT2D eigenvalue weighted by Gasteiger charge is -2.10. The lowest BCUT2D eigenvalue weighted by molar-refractivity contribution is -0.119. The first-order valence-corrected chi connectivity index (χ1v) is 5.65. The fraction of sp³-hybridized carbons (Fsp3) is 0.500. The van der Waals surface area contributed by atoms with Crippen molar-refractivity contribution in [2.45, 2.75) is 32.2 Å². The molecule has 2 unspecified atom stereocenters. The third-order valence-corrected chi connectivity index (χ3v) is 2.98. The molecule has 0 spiro atoms. The van der Waals surface area contributed by atoms with Crippen LogP contribution in [-0.2, 0) is 4.79 Å². The smallest absolute Gasteiger partial charge is 0.228 e. The number of pyridine rings is 1. The Morgan fingerprint density at radius 1 is 1.39 bits per heavy atom. The van der Waals surface area contributed by atoms with E-state index >= 15 is 0 Å². The van der Waals surface area contributed by atoms with Crippen LogP contribution in [0, 0.1) is 12.8 Å². The third kappa shape index (κ3) is 4.44. The van der Waals surface area contributed by atoms with Crippen molar-refractivity contribution >= 4 is 36.5 Å². The molecule has 1 saturated carbocycles. The second-order valence-electron chi connectivity index (χ2n) is 4.42. The van der Waals surface area contributed by atoms with Crippen molar-refractivity contribution in [3.05, 3.63) is 23.9 Å². The zero-order chi connectivity index (χ0) is 11.5. The Labute approximate surface area is 120 Å². The number of hydrogen-bond donors (Lipinski definition) is 2. The molecule has 18 heavy (non-hydrogen) atoms. The van der Waals surface area contributed by atoms with Gasteiger partial charge in [-0.2, -0.15) is 0 Å². The van der Waals surface area contributed by atoms with Gasteiger partial charge in [-0.05, 0) is 38.3 Å². The van der Waals surface area contributed by atoms with E-state index in [1.165, 1.54) is 0 Å². The number of hydrogen-bond acceptors (Lipinski definition) is 3. The Morgan fingerprint density at radius 2 is 2.11 bits per heavy atom. The molecule has 1 fully saturated rings. The van der Waals surface area contributed by atoms with Gasteiger partial charge in [0.25, 0.3) is 0 Å². The molecular weight excluding hydrogens is 273 g/mol. The van der Waals surface area contributed by atoms with Crippen LogP contribution in [0.3, 0.4) is 0 Å². The first-order valence-electron chi connectivity index (χ1n) is 5.65. The highest BCUT2D eigenvalue weighted by atomic mass is 35.5. The van der Waals surface area contributed by atoms with E-state index in [-0.39, 0.29) is 42.7 Å². The molecule has 0 aromatic carbocycles. The maximum atomic E-state index is 11.9. The summed E-state index contributed by atoms with van der Waals surface area (Å²) in [5.74, 6) is 0.730. The van der Waals surface area contributed by atoms with Crippen LogP contribution in [0.1, 0.15) is 25.0 Å². The van der Waals surface area contributed by atoms with E-state index in [0.29, 0.717) is 5.82 Å². The minimum Gasteiger partial charge on any atom is -0.328 e. The summed E-state index contributed by atoms with van der Waals surface area (Å²) in [7, 11) is 0. The van der Waals surface area contributed by atoms with Gasteiger partial charge in [0.05, 0.1) is 0 Å². The molecule has 1 aromatic heterocycles. The number of nitrogens with zero attached hydrogens (tertiary/aromatic N) is 1. The van der Waals surface area contributed by atoms with E-state index in [1.807, 2.05) is 19.1 Å². The molecule has 1 heterocycles. The predicted molar refractivity (Wildman–Crippen MR) is 77.4 cm³/mol. The number of aromatic nitrogens is 1. The fourth-order valence-corrected chi connectivity index (χ4v) is 2.10. The zero-order valence-corrected chi connectivity index (χ0v) is 11.9. The van der Waals surface area contributed by atoms with Gasteiger partial charge in [0, 0.05) is 17.7 Å². The average Bonchev–Trinajstić information content (AvgIpc) is 2.65. The van der Waals surface area contributed by atoms with Gasteiger partial charge in [0.15, 0.2) is 0 Å². The molecule has 6 heteroatoms. The van der Waals surface area contributed by atoms with Crippen LogP contribution in [0.5, 0.6) is 0 Å². The van der Waals surface area contributed by atoms with Crippen LogP contribution in [0.25, 0.3) is 0 Å². The Bertz CT molecular complexity index is 401. The lowest BCUT2D eigenvalue weighted by atomic mass is 10.1. The molecule has 0 bridgehead atoms. The molecule has 1 aliphatic carbocycles. The number of halogens is 2. The van der Waals surface area contributed by atoms with Gasteiger partial charge in [-0.3, -0.25) is 4.79 Å². The number of aryl methyl sites for hydroxylation is 1. The first kappa shape index (κ1) is 17.2. The van der Waals surface area contributed by atoms with Crippen molar-refractivity contribution < 1.29 is 4.79 Å². The van der Waals surface area contributed by atoms with E-state index in [1.54, 1.807) is 6.07 Å². The van der Waals surface area contributed by atoms with Crippen molar-refractivity contribution in [3.63, 3.8) is 0 Å². The second-order valence-corrected chi connectivity index (χ2v) is 4.42. The van der Waals surface area contributed by atoms with E-state index < -0.39 is 0 Å². The van der Waals surface area contributed by atoms with Gasteiger partial charge < -0.3 is 11.1 Å². The minimum absolute atomic E-state index is 0. The van der Waals surface area contributed by atoms with Crippen molar-refractivity contribution in [2.75, 3.05) is 5.32 Å². The molecule has 2 rings (SSSR count). The highest BCUT2D eigenvalue weighted by Gasteiger charge is 2.27. The van der Waals surface area contributed by atoms with Crippen LogP contribution in [0.2, 0.25) is 0 Å². The number of carbonyl (C=O) groups excluding carboxylic acids is 1. The molecule has 1 aliphatic rings. The Morgan fingerprint density at radius 3 is 2.67 bits per heavy atom. The largest absolute Gasteiger partial charge is 0.328 e. The van der Waals surface area contributed by atoms with Gasteiger partial charge >= 0.3 is 0 Å². The van der Waals surface area contributed by atoms with Crippen molar-refractivity contribution in [2.24, 2.45) is 11.7 Å². The summed E-state index contributed by atoms with van der Waals surface area (Å²) >= 11 is 0. The molecule has 3 N–H and O–H groups in total. The molecule has 4 nitrogen and oxygen atoms in total. The SMILES string of the molecule is Cc1cccc(NC(=O)C2CCC(N)C2)n1.Cl.Cl. The predicted octanol–water partition coefficient (Wildman–Crippen LogP) is 2.30. The monoisotopic (exact) mass is 291 g/mol. The fourth-order valence-electron chi connectivity index (χ4n) is 2.10. The Kier molecular flexibility index (Phi) is 7.21. The van der Waals surface area contributed by atoms with Crippen LogP contribution in [0.15, 0.2) is 18.2 Å². The topological polar surface area (TPSA) is 68.0 Å². The molecule has 102 valence electrons. The number of amides is 1.